The minimum Gasteiger partial charge on any atom is -0.491 e. The third-order valence-electron chi connectivity index (χ3n) is 3.69. The molecule has 0 unspecified atom stereocenters. The second-order valence-corrected chi connectivity index (χ2v) is 6.71. The largest absolute Gasteiger partial charge is 0.491 e. The van der Waals surface area contributed by atoms with Gasteiger partial charge in [-0.15, -0.1) is 11.3 Å². The fourth-order valence-electron chi connectivity index (χ4n) is 2.39. The van der Waals surface area contributed by atoms with Crippen LogP contribution in [0, 0.1) is 20.8 Å². The Balaban J connectivity index is 1.57. The van der Waals surface area contributed by atoms with Gasteiger partial charge >= 0.3 is 0 Å². The lowest BCUT2D eigenvalue weighted by Crippen LogP contribution is -2.28. The summed E-state index contributed by atoms with van der Waals surface area (Å²) in [6.07, 6.45) is 0. The van der Waals surface area contributed by atoms with Crippen molar-refractivity contribution in [1.82, 2.24) is 10.3 Å². The summed E-state index contributed by atoms with van der Waals surface area (Å²) >= 11 is 1.33. The number of carbonyl (C=O) groups excluding carboxylic acids is 1. The zero-order chi connectivity index (χ0) is 17.8. The molecule has 0 bridgehead atoms. The number of furan rings is 1. The van der Waals surface area contributed by atoms with E-state index in [0.717, 1.165) is 17.1 Å². The van der Waals surface area contributed by atoms with E-state index in [0.29, 0.717) is 34.5 Å². The summed E-state index contributed by atoms with van der Waals surface area (Å²) in [6, 6.07) is 11.6. The number of rotatable bonds is 6. The van der Waals surface area contributed by atoms with Gasteiger partial charge in [-0.05, 0) is 44.5 Å². The molecular weight excluding hydrogens is 336 g/mol. The molecule has 1 amide bonds. The van der Waals surface area contributed by atoms with Crippen LogP contribution in [-0.2, 0) is 0 Å². The fourth-order valence-corrected chi connectivity index (χ4v) is 3.33. The molecule has 3 rings (SSSR count). The second-order valence-electron chi connectivity index (χ2n) is 5.71. The third-order valence-corrected chi connectivity index (χ3v) is 4.86. The van der Waals surface area contributed by atoms with Crippen molar-refractivity contribution in [2.45, 2.75) is 20.8 Å². The molecule has 0 saturated heterocycles. The van der Waals surface area contributed by atoms with Gasteiger partial charge in [0, 0.05) is 0 Å². The average molecular weight is 356 g/mol. The van der Waals surface area contributed by atoms with E-state index in [4.69, 9.17) is 9.15 Å². The first kappa shape index (κ1) is 17.2. The average Bonchev–Trinajstić information content (AvgIpc) is 3.19. The molecule has 0 atom stereocenters. The summed E-state index contributed by atoms with van der Waals surface area (Å²) in [4.78, 5) is 17.4. The highest BCUT2D eigenvalue weighted by molar-refractivity contribution is 7.17. The molecular formula is C19H20N2O3S. The van der Waals surface area contributed by atoms with Gasteiger partial charge in [-0.25, -0.2) is 4.98 Å². The summed E-state index contributed by atoms with van der Waals surface area (Å²) in [5.41, 5.74) is 1.77. The Morgan fingerprint density at radius 3 is 2.72 bits per heavy atom. The summed E-state index contributed by atoms with van der Waals surface area (Å²) < 4.78 is 11.3. The van der Waals surface area contributed by atoms with Gasteiger partial charge in [-0.3, -0.25) is 4.79 Å². The van der Waals surface area contributed by atoms with E-state index in [9.17, 15) is 4.79 Å². The van der Waals surface area contributed by atoms with E-state index in [1.165, 1.54) is 11.3 Å². The minimum atomic E-state index is -0.141. The third kappa shape index (κ3) is 4.09. The molecule has 2 heterocycles. The molecule has 6 heteroatoms. The van der Waals surface area contributed by atoms with Crippen LogP contribution in [0.15, 0.2) is 40.8 Å². The molecule has 0 spiro atoms. The van der Waals surface area contributed by atoms with Crippen molar-refractivity contribution in [1.29, 1.82) is 0 Å². The smallest absolute Gasteiger partial charge is 0.263 e. The highest BCUT2D eigenvalue weighted by Gasteiger charge is 2.17. The Bertz CT molecular complexity index is 882. The number of nitrogens with zero attached hydrogens (tertiary/aromatic N) is 1. The molecule has 25 heavy (non-hydrogen) atoms. The summed E-state index contributed by atoms with van der Waals surface area (Å²) in [5.74, 6) is 2.20. The minimum absolute atomic E-state index is 0.141. The molecule has 1 aromatic carbocycles. The SMILES string of the molecule is Cc1ccc(-c2nc(C)c(C(=O)NCCOc3ccccc3C)s2)o1. The van der Waals surface area contributed by atoms with Crippen LogP contribution in [0.3, 0.4) is 0 Å². The maximum absolute atomic E-state index is 12.4. The van der Waals surface area contributed by atoms with Gasteiger partial charge in [0.15, 0.2) is 10.8 Å². The van der Waals surface area contributed by atoms with Crippen LogP contribution in [-0.4, -0.2) is 24.0 Å². The molecule has 0 aliphatic heterocycles. The van der Waals surface area contributed by atoms with Crippen LogP contribution in [0.5, 0.6) is 5.75 Å². The van der Waals surface area contributed by atoms with Gasteiger partial charge in [0.05, 0.1) is 12.2 Å². The number of hydrogen-bond acceptors (Lipinski definition) is 5. The highest BCUT2D eigenvalue weighted by Crippen LogP contribution is 2.29. The first-order valence-electron chi connectivity index (χ1n) is 8.05. The zero-order valence-electron chi connectivity index (χ0n) is 14.5. The maximum atomic E-state index is 12.4. The number of ether oxygens (including phenoxy) is 1. The molecule has 1 N–H and O–H groups in total. The van der Waals surface area contributed by atoms with E-state index >= 15 is 0 Å². The van der Waals surface area contributed by atoms with E-state index in [2.05, 4.69) is 10.3 Å². The predicted molar refractivity (Wildman–Crippen MR) is 98.3 cm³/mol. The van der Waals surface area contributed by atoms with E-state index in [-0.39, 0.29) is 5.91 Å². The number of nitrogens with one attached hydrogen (secondary N) is 1. The first-order chi connectivity index (χ1) is 12.0. The van der Waals surface area contributed by atoms with Crippen molar-refractivity contribution >= 4 is 17.2 Å². The van der Waals surface area contributed by atoms with Gasteiger partial charge in [0.2, 0.25) is 0 Å². The van der Waals surface area contributed by atoms with E-state index in [1.54, 1.807) is 0 Å². The summed E-state index contributed by atoms with van der Waals surface area (Å²) in [6.45, 7) is 6.55. The second kappa shape index (κ2) is 7.53. The van der Waals surface area contributed by atoms with E-state index in [1.807, 2.05) is 57.2 Å². The molecule has 0 aliphatic rings. The first-order valence-corrected chi connectivity index (χ1v) is 8.87. The topological polar surface area (TPSA) is 64.4 Å². The molecule has 130 valence electrons. The Labute approximate surface area is 150 Å². The number of thiazole rings is 1. The quantitative estimate of drug-likeness (QED) is 0.674. The maximum Gasteiger partial charge on any atom is 0.263 e. The summed E-state index contributed by atoms with van der Waals surface area (Å²) in [5, 5.41) is 3.59. The van der Waals surface area contributed by atoms with Crippen molar-refractivity contribution in [2.24, 2.45) is 0 Å². The number of aryl methyl sites for hydroxylation is 3. The van der Waals surface area contributed by atoms with Crippen molar-refractivity contribution in [3.63, 3.8) is 0 Å². The van der Waals surface area contributed by atoms with Crippen molar-refractivity contribution in [3.05, 3.63) is 58.3 Å². The number of amides is 1. The highest BCUT2D eigenvalue weighted by atomic mass is 32.1. The standard InChI is InChI=1S/C19H20N2O3S/c1-12-6-4-5-7-15(12)23-11-10-20-18(22)17-14(3)21-19(25-17)16-9-8-13(2)24-16/h4-9H,10-11H2,1-3H3,(H,20,22). The lowest BCUT2D eigenvalue weighted by molar-refractivity contribution is 0.0950. The van der Waals surface area contributed by atoms with Crippen molar-refractivity contribution < 1.29 is 13.9 Å². The molecule has 3 aromatic rings. The predicted octanol–water partition coefficient (Wildman–Crippen LogP) is 4.14. The molecule has 0 radical (unpaired) electrons. The van der Waals surface area contributed by atoms with Gasteiger partial charge in [-0.2, -0.15) is 0 Å². The van der Waals surface area contributed by atoms with Gasteiger partial charge < -0.3 is 14.5 Å². The van der Waals surface area contributed by atoms with Gasteiger partial charge in [0.1, 0.15) is 23.0 Å². The number of hydrogen-bond donors (Lipinski definition) is 1. The van der Waals surface area contributed by atoms with Gasteiger partial charge in [-0.1, -0.05) is 18.2 Å². The molecule has 2 aromatic heterocycles. The van der Waals surface area contributed by atoms with Crippen LogP contribution in [0.4, 0.5) is 0 Å². The fraction of sp³-hybridized carbons (Fsp3) is 0.263. The molecule has 0 aliphatic carbocycles. The Hall–Kier alpha value is -2.60. The molecule has 0 saturated carbocycles. The Kier molecular flexibility index (Phi) is 5.19. The number of carbonyl (C=O) groups is 1. The Morgan fingerprint density at radius 2 is 2.00 bits per heavy atom. The number of aromatic nitrogens is 1. The van der Waals surface area contributed by atoms with Crippen LogP contribution in [0.25, 0.3) is 10.8 Å². The normalized spacial score (nSPS) is 10.7. The van der Waals surface area contributed by atoms with Crippen molar-refractivity contribution in [3.8, 4) is 16.5 Å². The number of benzene rings is 1. The zero-order valence-corrected chi connectivity index (χ0v) is 15.3. The molecule has 5 nitrogen and oxygen atoms in total. The monoisotopic (exact) mass is 356 g/mol. The lowest BCUT2D eigenvalue weighted by atomic mass is 10.2. The summed E-state index contributed by atoms with van der Waals surface area (Å²) in [7, 11) is 0. The lowest BCUT2D eigenvalue weighted by Gasteiger charge is -2.09. The van der Waals surface area contributed by atoms with Crippen molar-refractivity contribution in [2.75, 3.05) is 13.2 Å². The number of para-hydroxylation sites is 1. The Morgan fingerprint density at radius 1 is 1.20 bits per heavy atom. The van der Waals surface area contributed by atoms with E-state index < -0.39 is 0 Å². The van der Waals surface area contributed by atoms with Crippen LogP contribution < -0.4 is 10.1 Å². The van der Waals surface area contributed by atoms with Crippen LogP contribution >= 0.6 is 11.3 Å². The molecule has 0 fully saturated rings. The van der Waals surface area contributed by atoms with Crippen LogP contribution in [0.2, 0.25) is 0 Å². The van der Waals surface area contributed by atoms with Gasteiger partial charge in [0.25, 0.3) is 5.91 Å². The van der Waals surface area contributed by atoms with Crippen LogP contribution in [0.1, 0.15) is 26.7 Å².